The number of nitrogens with one attached hydrogen (secondary N) is 2. The normalized spacial score (nSPS) is 15.5. The molecule has 3 rings (SSSR count). The predicted molar refractivity (Wildman–Crippen MR) is 87.0 cm³/mol. The molecule has 2 heterocycles. The van der Waals surface area contributed by atoms with Gasteiger partial charge in [0.15, 0.2) is 4.34 Å². The minimum Gasteiger partial charge on any atom is -0.467 e. The van der Waals surface area contributed by atoms with E-state index in [1.165, 1.54) is 35.9 Å². The van der Waals surface area contributed by atoms with Crippen LogP contribution in [0.2, 0.25) is 0 Å². The molecule has 1 saturated carbocycles. The molecule has 1 aliphatic rings. The van der Waals surface area contributed by atoms with Crippen LogP contribution in [0.1, 0.15) is 25.5 Å². The third-order valence-corrected chi connectivity index (χ3v) is 5.46. The van der Waals surface area contributed by atoms with E-state index in [9.17, 15) is 4.79 Å². The maximum absolute atomic E-state index is 11.8. The van der Waals surface area contributed by atoms with Crippen LogP contribution in [-0.2, 0) is 11.3 Å². The van der Waals surface area contributed by atoms with Crippen molar-refractivity contribution in [2.75, 3.05) is 11.1 Å². The van der Waals surface area contributed by atoms with Gasteiger partial charge in [0, 0.05) is 6.04 Å². The smallest absolute Gasteiger partial charge is 0.230 e. The summed E-state index contributed by atoms with van der Waals surface area (Å²) in [6.07, 6.45) is 4.10. The Hall–Kier alpha value is -1.54. The summed E-state index contributed by atoms with van der Waals surface area (Å²) in [6.45, 7) is 2.65. The second kappa shape index (κ2) is 7.15. The van der Waals surface area contributed by atoms with E-state index >= 15 is 0 Å². The van der Waals surface area contributed by atoms with Crippen molar-refractivity contribution >= 4 is 34.1 Å². The zero-order valence-corrected chi connectivity index (χ0v) is 13.9. The molecule has 0 aromatic carbocycles. The largest absolute Gasteiger partial charge is 0.467 e. The zero-order valence-electron chi connectivity index (χ0n) is 12.2. The Balaban J connectivity index is 1.40. The van der Waals surface area contributed by atoms with E-state index in [1.807, 2.05) is 12.1 Å². The molecular formula is C14H18N4O2S2. The van der Waals surface area contributed by atoms with Gasteiger partial charge in [-0.25, -0.2) is 0 Å². The van der Waals surface area contributed by atoms with Gasteiger partial charge in [-0.05, 0) is 37.8 Å². The van der Waals surface area contributed by atoms with Crippen LogP contribution < -0.4 is 10.6 Å². The second-order valence-corrected chi connectivity index (χ2v) is 7.49. The number of nitrogens with zero attached hydrogens (tertiary/aromatic N) is 2. The van der Waals surface area contributed by atoms with E-state index in [-0.39, 0.29) is 11.9 Å². The molecule has 1 atom stereocenters. The van der Waals surface area contributed by atoms with Gasteiger partial charge in [0.2, 0.25) is 11.0 Å². The molecule has 0 radical (unpaired) electrons. The minimum atomic E-state index is 0.0599. The first-order chi connectivity index (χ1) is 10.7. The molecule has 1 aliphatic carbocycles. The van der Waals surface area contributed by atoms with E-state index in [0.717, 1.165) is 15.2 Å². The van der Waals surface area contributed by atoms with E-state index in [4.69, 9.17) is 4.42 Å². The van der Waals surface area contributed by atoms with Crippen LogP contribution in [0.25, 0.3) is 0 Å². The lowest BCUT2D eigenvalue weighted by Gasteiger charge is -2.11. The number of rotatable bonds is 8. The highest BCUT2D eigenvalue weighted by Crippen LogP contribution is 2.32. The number of furan rings is 1. The first kappa shape index (κ1) is 15.4. The van der Waals surface area contributed by atoms with Crippen LogP contribution >= 0.6 is 23.1 Å². The fourth-order valence-electron chi connectivity index (χ4n) is 2.05. The minimum absolute atomic E-state index is 0.0599. The fraction of sp³-hybridized carbons (Fsp3) is 0.500. The van der Waals surface area contributed by atoms with Gasteiger partial charge in [0.25, 0.3) is 0 Å². The summed E-state index contributed by atoms with van der Waals surface area (Å²) in [6, 6.07) is 4.03. The van der Waals surface area contributed by atoms with Gasteiger partial charge in [-0.3, -0.25) is 4.79 Å². The van der Waals surface area contributed by atoms with Gasteiger partial charge in [0.1, 0.15) is 5.76 Å². The topological polar surface area (TPSA) is 80.0 Å². The molecule has 8 heteroatoms. The van der Waals surface area contributed by atoms with E-state index < -0.39 is 0 Å². The molecule has 0 unspecified atom stereocenters. The molecule has 6 nitrogen and oxygen atoms in total. The number of hydrogen-bond donors (Lipinski definition) is 2. The van der Waals surface area contributed by atoms with Crippen molar-refractivity contribution in [3.05, 3.63) is 24.2 Å². The van der Waals surface area contributed by atoms with Crippen molar-refractivity contribution in [1.29, 1.82) is 0 Å². The van der Waals surface area contributed by atoms with Crippen LogP contribution in [-0.4, -0.2) is 27.9 Å². The van der Waals surface area contributed by atoms with Gasteiger partial charge in [-0.2, -0.15) is 0 Å². The molecule has 2 N–H and O–H groups in total. The molecule has 0 saturated heterocycles. The molecule has 2 aromatic heterocycles. The summed E-state index contributed by atoms with van der Waals surface area (Å²) in [4.78, 5) is 11.8. The quantitative estimate of drug-likeness (QED) is 0.721. The van der Waals surface area contributed by atoms with E-state index in [2.05, 4.69) is 27.8 Å². The molecule has 1 fully saturated rings. The number of carbonyl (C=O) groups excluding carboxylic acids is 1. The molecule has 0 bridgehead atoms. The number of hydrogen-bond acceptors (Lipinski definition) is 7. The van der Waals surface area contributed by atoms with Crippen LogP contribution in [0.4, 0.5) is 5.13 Å². The summed E-state index contributed by atoms with van der Waals surface area (Å²) in [5.74, 6) is 1.96. The Labute approximate surface area is 137 Å². The molecule has 0 spiro atoms. The van der Waals surface area contributed by atoms with Crippen LogP contribution in [0, 0.1) is 5.92 Å². The highest BCUT2D eigenvalue weighted by molar-refractivity contribution is 8.01. The average molecular weight is 338 g/mol. The van der Waals surface area contributed by atoms with Crippen molar-refractivity contribution in [2.45, 2.75) is 36.7 Å². The maximum Gasteiger partial charge on any atom is 0.230 e. The van der Waals surface area contributed by atoms with Crippen molar-refractivity contribution in [3.63, 3.8) is 0 Å². The fourth-order valence-corrected chi connectivity index (χ4v) is 3.61. The van der Waals surface area contributed by atoms with Gasteiger partial charge in [-0.1, -0.05) is 23.1 Å². The SMILES string of the molecule is C[C@@H](NC(=O)CSc1nnc(NCc2ccco2)s1)C1CC1. The lowest BCUT2D eigenvalue weighted by Crippen LogP contribution is -2.35. The Morgan fingerprint density at radius 1 is 1.55 bits per heavy atom. The monoisotopic (exact) mass is 338 g/mol. The molecule has 118 valence electrons. The average Bonchev–Trinajstić information content (AvgIpc) is 3.05. The third kappa shape index (κ3) is 4.48. The Kier molecular flexibility index (Phi) is 4.99. The maximum atomic E-state index is 11.8. The summed E-state index contributed by atoms with van der Waals surface area (Å²) < 4.78 is 6.03. The van der Waals surface area contributed by atoms with Crippen LogP contribution in [0.3, 0.4) is 0 Å². The van der Waals surface area contributed by atoms with Crippen molar-refractivity contribution in [3.8, 4) is 0 Å². The molecule has 2 aromatic rings. The summed E-state index contributed by atoms with van der Waals surface area (Å²) >= 11 is 2.86. The van der Waals surface area contributed by atoms with Crippen LogP contribution in [0.5, 0.6) is 0 Å². The van der Waals surface area contributed by atoms with Crippen molar-refractivity contribution in [1.82, 2.24) is 15.5 Å². The Morgan fingerprint density at radius 2 is 2.41 bits per heavy atom. The second-order valence-electron chi connectivity index (χ2n) is 5.29. The van der Waals surface area contributed by atoms with Gasteiger partial charge < -0.3 is 15.1 Å². The molecule has 1 amide bonds. The Bertz CT molecular complexity index is 610. The van der Waals surface area contributed by atoms with E-state index in [1.54, 1.807) is 6.26 Å². The van der Waals surface area contributed by atoms with Crippen LogP contribution in [0.15, 0.2) is 27.2 Å². The summed E-state index contributed by atoms with van der Waals surface area (Å²) in [5, 5.41) is 15.0. The first-order valence-electron chi connectivity index (χ1n) is 7.22. The summed E-state index contributed by atoms with van der Waals surface area (Å²) in [5.41, 5.74) is 0. The molecule has 22 heavy (non-hydrogen) atoms. The lowest BCUT2D eigenvalue weighted by atomic mass is 10.2. The first-order valence-corrected chi connectivity index (χ1v) is 9.03. The zero-order chi connectivity index (χ0) is 15.4. The summed E-state index contributed by atoms with van der Waals surface area (Å²) in [7, 11) is 0. The third-order valence-electron chi connectivity index (χ3n) is 3.44. The highest BCUT2D eigenvalue weighted by atomic mass is 32.2. The van der Waals surface area contributed by atoms with Gasteiger partial charge >= 0.3 is 0 Å². The van der Waals surface area contributed by atoms with Gasteiger partial charge in [-0.15, -0.1) is 10.2 Å². The lowest BCUT2D eigenvalue weighted by molar-refractivity contribution is -0.119. The standard InChI is InChI=1S/C14H18N4O2S2/c1-9(10-4-5-10)16-12(19)8-21-14-18-17-13(22-14)15-7-11-3-2-6-20-11/h2-3,6,9-10H,4-5,7-8H2,1H3,(H,15,17)(H,16,19)/t9-/m1/s1. The number of amides is 1. The number of carbonyl (C=O) groups is 1. The highest BCUT2D eigenvalue weighted by Gasteiger charge is 2.28. The van der Waals surface area contributed by atoms with Crippen molar-refractivity contribution in [2.24, 2.45) is 5.92 Å². The number of thioether (sulfide) groups is 1. The Morgan fingerprint density at radius 3 is 3.14 bits per heavy atom. The van der Waals surface area contributed by atoms with Crippen molar-refractivity contribution < 1.29 is 9.21 Å². The number of anilines is 1. The number of aromatic nitrogens is 2. The molecular weight excluding hydrogens is 320 g/mol. The van der Waals surface area contributed by atoms with Gasteiger partial charge in [0.05, 0.1) is 18.6 Å². The van der Waals surface area contributed by atoms with E-state index in [0.29, 0.717) is 18.2 Å². The molecule has 0 aliphatic heterocycles. The predicted octanol–water partition coefficient (Wildman–Crippen LogP) is 2.75.